The summed E-state index contributed by atoms with van der Waals surface area (Å²) in [6.45, 7) is 13.2. The number of hydrogen-bond donors (Lipinski definition) is 1. The number of hydrogen-bond acceptors (Lipinski definition) is 4. The molecule has 0 aromatic carbocycles. The van der Waals surface area contributed by atoms with Crippen molar-refractivity contribution in [3.8, 4) is 0 Å². The van der Waals surface area contributed by atoms with Crippen molar-refractivity contribution >= 4 is 6.09 Å². The lowest BCUT2D eigenvalue weighted by atomic mass is 9.92. The predicted octanol–water partition coefficient (Wildman–Crippen LogP) is 3.48. The van der Waals surface area contributed by atoms with E-state index in [9.17, 15) is 4.79 Å². The summed E-state index contributed by atoms with van der Waals surface area (Å²) in [6, 6.07) is 1.46. The van der Waals surface area contributed by atoms with Gasteiger partial charge in [0.25, 0.3) is 0 Å². The SMILES string of the molecule is CC(C)N(C)CCNC1CCCC1C1CCCN1C(=O)OC(C)(C)C. The summed E-state index contributed by atoms with van der Waals surface area (Å²) >= 11 is 0. The Labute approximate surface area is 154 Å². The van der Waals surface area contributed by atoms with Crippen molar-refractivity contribution in [2.45, 2.75) is 90.4 Å². The number of amides is 1. The van der Waals surface area contributed by atoms with E-state index in [1.165, 1.54) is 19.3 Å². The van der Waals surface area contributed by atoms with Crippen LogP contribution in [0.5, 0.6) is 0 Å². The molecule has 0 spiro atoms. The lowest BCUT2D eigenvalue weighted by Gasteiger charge is -2.34. The van der Waals surface area contributed by atoms with Crippen molar-refractivity contribution in [3.63, 3.8) is 0 Å². The monoisotopic (exact) mass is 353 g/mol. The van der Waals surface area contributed by atoms with Gasteiger partial charge in [-0.05, 0) is 73.3 Å². The van der Waals surface area contributed by atoms with Gasteiger partial charge in [-0.2, -0.15) is 0 Å². The Hall–Kier alpha value is -0.810. The largest absolute Gasteiger partial charge is 0.444 e. The summed E-state index contributed by atoms with van der Waals surface area (Å²) in [5, 5.41) is 3.78. The van der Waals surface area contributed by atoms with E-state index >= 15 is 0 Å². The number of carbonyl (C=O) groups is 1. The third kappa shape index (κ3) is 5.85. The molecule has 25 heavy (non-hydrogen) atoms. The zero-order valence-electron chi connectivity index (χ0n) is 17.2. The van der Waals surface area contributed by atoms with Crippen LogP contribution in [0.2, 0.25) is 0 Å². The molecular formula is C20H39N3O2. The first-order valence-electron chi connectivity index (χ1n) is 10.1. The van der Waals surface area contributed by atoms with E-state index in [0.29, 0.717) is 24.0 Å². The van der Waals surface area contributed by atoms with E-state index in [-0.39, 0.29) is 6.09 Å². The van der Waals surface area contributed by atoms with Crippen LogP contribution < -0.4 is 5.32 Å². The summed E-state index contributed by atoms with van der Waals surface area (Å²) in [6.07, 6.45) is 5.81. The Kier molecular flexibility index (Phi) is 7.15. The number of nitrogens with one attached hydrogen (secondary N) is 1. The first-order chi connectivity index (χ1) is 11.7. The molecule has 3 atom stereocenters. The molecule has 1 aliphatic heterocycles. The average molecular weight is 354 g/mol. The molecule has 2 rings (SSSR count). The second-order valence-electron chi connectivity index (χ2n) is 9.11. The second-order valence-corrected chi connectivity index (χ2v) is 9.11. The number of rotatable bonds is 6. The molecule has 2 fully saturated rings. The van der Waals surface area contributed by atoms with Crippen LogP contribution in [0.25, 0.3) is 0 Å². The highest BCUT2D eigenvalue weighted by Crippen LogP contribution is 2.36. The van der Waals surface area contributed by atoms with E-state index in [2.05, 4.69) is 31.1 Å². The molecule has 0 aromatic rings. The number of likely N-dealkylation sites (N-methyl/N-ethyl adjacent to an activating group) is 1. The molecule has 5 nitrogen and oxygen atoms in total. The fourth-order valence-corrected chi connectivity index (χ4v) is 4.17. The highest BCUT2D eigenvalue weighted by molar-refractivity contribution is 5.69. The predicted molar refractivity (Wildman–Crippen MR) is 103 cm³/mol. The van der Waals surface area contributed by atoms with Gasteiger partial charge in [-0.15, -0.1) is 0 Å². The molecule has 1 aliphatic carbocycles. The molecule has 2 aliphatic rings. The highest BCUT2D eigenvalue weighted by Gasteiger charge is 2.41. The summed E-state index contributed by atoms with van der Waals surface area (Å²) in [5.74, 6) is 0.569. The van der Waals surface area contributed by atoms with Gasteiger partial charge in [-0.25, -0.2) is 4.79 Å². The Balaban J connectivity index is 1.90. The van der Waals surface area contributed by atoms with Crippen molar-refractivity contribution in [1.29, 1.82) is 0 Å². The molecule has 5 heteroatoms. The lowest BCUT2D eigenvalue weighted by Crippen LogP contribution is -2.48. The second kappa shape index (κ2) is 8.72. The summed E-state index contributed by atoms with van der Waals surface area (Å²) in [7, 11) is 2.18. The molecule has 1 saturated heterocycles. The number of ether oxygens (including phenoxy) is 1. The van der Waals surface area contributed by atoms with Crippen molar-refractivity contribution in [1.82, 2.24) is 15.1 Å². The van der Waals surface area contributed by atoms with Gasteiger partial charge < -0.3 is 19.9 Å². The Morgan fingerprint density at radius 3 is 2.60 bits per heavy atom. The molecular weight excluding hydrogens is 314 g/mol. The van der Waals surface area contributed by atoms with Crippen LogP contribution in [-0.4, -0.2) is 66.3 Å². The third-order valence-corrected chi connectivity index (χ3v) is 5.74. The minimum Gasteiger partial charge on any atom is -0.444 e. The van der Waals surface area contributed by atoms with Crippen molar-refractivity contribution < 1.29 is 9.53 Å². The Morgan fingerprint density at radius 2 is 1.96 bits per heavy atom. The van der Waals surface area contributed by atoms with Crippen LogP contribution in [0.3, 0.4) is 0 Å². The van der Waals surface area contributed by atoms with Crippen LogP contribution in [0, 0.1) is 5.92 Å². The topological polar surface area (TPSA) is 44.8 Å². The van der Waals surface area contributed by atoms with Gasteiger partial charge in [0.05, 0.1) is 0 Å². The van der Waals surface area contributed by atoms with Gasteiger partial charge in [-0.1, -0.05) is 6.42 Å². The Morgan fingerprint density at radius 1 is 1.24 bits per heavy atom. The zero-order valence-corrected chi connectivity index (χ0v) is 17.2. The minimum atomic E-state index is -0.418. The Bertz CT molecular complexity index is 433. The van der Waals surface area contributed by atoms with Gasteiger partial charge in [-0.3, -0.25) is 0 Å². The number of likely N-dealkylation sites (tertiary alicyclic amines) is 1. The smallest absolute Gasteiger partial charge is 0.410 e. The number of carbonyl (C=O) groups excluding carboxylic acids is 1. The average Bonchev–Trinajstić information content (AvgIpc) is 3.13. The van der Waals surface area contributed by atoms with Crippen molar-refractivity contribution in [2.75, 3.05) is 26.7 Å². The molecule has 0 bridgehead atoms. The van der Waals surface area contributed by atoms with E-state index in [1.807, 2.05) is 25.7 Å². The molecule has 0 aromatic heterocycles. The number of nitrogens with zero attached hydrogens (tertiary/aromatic N) is 2. The van der Waals surface area contributed by atoms with Crippen LogP contribution in [-0.2, 0) is 4.74 Å². The first kappa shape index (κ1) is 20.5. The zero-order chi connectivity index (χ0) is 18.6. The maximum absolute atomic E-state index is 12.6. The maximum atomic E-state index is 12.6. The third-order valence-electron chi connectivity index (χ3n) is 5.74. The van der Waals surface area contributed by atoms with E-state index in [4.69, 9.17) is 4.74 Å². The van der Waals surface area contributed by atoms with Gasteiger partial charge in [0.15, 0.2) is 0 Å². The molecule has 1 amide bonds. The van der Waals surface area contributed by atoms with Gasteiger partial charge >= 0.3 is 6.09 Å². The van der Waals surface area contributed by atoms with Gasteiger partial charge in [0.2, 0.25) is 0 Å². The quantitative estimate of drug-likeness (QED) is 0.794. The molecule has 146 valence electrons. The molecule has 1 heterocycles. The van der Waals surface area contributed by atoms with E-state index < -0.39 is 5.60 Å². The standard InChI is InChI=1S/C20H39N3O2/c1-15(2)22(6)14-12-21-17-10-7-9-16(17)18-11-8-13-23(18)19(24)25-20(3,4)5/h15-18,21H,7-14H2,1-6H3. The molecule has 1 N–H and O–H groups in total. The van der Waals surface area contributed by atoms with Crippen LogP contribution in [0.1, 0.15) is 66.7 Å². The molecule has 0 radical (unpaired) electrons. The summed E-state index contributed by atoms with van der Waals surface area (Å²) in [5.41, 5.74) is -0.418. The van der Waals surface area contributed by atoms with Crippen molar-refractivity contribution in [2.24, 2.45) is 5.92 Å². The van der Waals surface area contributed by atoms with E-state index in [1.54, 1.807) is 0 Å². The molecule has 1 saturated carbocycles. The van der Waals surface area contributed by atoms with Gasteiger partial charge in [0, 0.05) is 37.8 Å². The van der Waals surface area contributed by atoms with Gasteiger partial charge in [0.1, 0.15) is 5.60 Å². The summed E-state index contributed by atoms with van der Waals surface area (Å²) < 4.78 is 5.65. The summed E-state index contributed by atoms with van der Waals surface area (Å²) in [4.78, 5) is 17.0. The maximum Gasteiger partial charge on any atom is 0.410 e. The van der Waals surface area contributed by atoms with Crippen LogP contribution in [0.4, 0.5) is 4.79 Å². The lowest BCUT2D eigenvalue weighted by molar-refractivity contribution is 0.0166. The fraction of sp³-hybridized carbons (Fsp3) is 0.950. The minimum absolute atomic E-state index is 0.125. The normalized spacial score (nSPS) is 27.5. The van der Waals surface area contributed by atoms with Crippen LogP contribution in [0.15, 0.2) is 0 Å². The fourth-order valence-electron chi connectivity index (χ4n) is 4.17. The van der Waals surface area contributed by atoms with Crippen molar-refractivity contribution in [3.05, 3.63) is 0 Å². The molecule has 3 unspecified atom stereocenters. The highest BCUT2D eigenvalue weighted by atomic mass is 16.6. The first-order valence-corrected chi connectivity index (χ1v) is 10.1. The van der Waals surface area contributed by atoms with E-state index in [0.717, 1.165) is 32.5 Å². The van der Waals surface area contributed by atoms with Crippen LogP contribution >= 0.6 is 0 Å².